The number of thioether (sulfide) groups is 1. The molecule has 0 fully saturated rings. The zero-order valence-corrected chi connectivity index (χ0v) is 16.4. The van der Waals surface area contributed by atoms with Gasteiger partial charge in [0.25, 0.3) is 0 Å². The number of carbonyl (C=O) groups is 1. The molecule has 0 saturated carbocycles. The molecular weight excluding hydrogens is 362 g/mol. The van der Waals surface area contributed by atoms with Gasteiger partial charge in [-0.05, 0) is 47.9 Å². The normalized spacial score (nSPS) is 14.8. The van der Waals surface area contributed by atoms with Gasteiger partial charge in [-0.15, -0.1) is 0 Å². The van der Waals surface area contributed by atoms with E-state index in [4.69, 9.17) is 0 Å². The van der Waals surface area contributed by atoms with Crippen molar-refractivity contribution >= 4 is 29.1 Å². The number of pyridine rings is 1. The molecule has 0 spiro atoms. The van der Waals surface area contributed by atoms with Gasteiger partial charge in [0.1, 0.15) is 0 Å². The van der Waals surface area contributed by atoms with Gasteiger partial charge in [0.15, 0.2) is 0 Å². The van der Waals surface area contributed by atoms with Crippen LogP contribution < -0.4 is 0 Å². The minimum atomic E-state index is 0.112. The number of hydrogen-bond acceptors (Lipinski definition) is 2. The summed E-state index contributed by atoms with van der Waals surface area (Å²) in [6.45, 7) is 2.16. The van der Waals surface area contributed by atoms with E-state index in [9.17, 15) is 4.79 Å². The Hall–Kier alpha value is -3.04. The third-order valence-electron chi connectivity index (χ3n) is 5.21. The minimum absolute atomic E-state index is 0.112. The Morgan fingerprint density at radius 1 is 0.929 bits per heavy atom. The van der Waals surface area contributed by atoms with Crippen molar-refractivity contribution in [1.82, 2.24) is 4.40 Å². The Bertz CT molecular complexity index is 1230. The maximum atomic E-state index is 12.9. The van der Waals surface area contributed by atoms with Crippen molar-refractivity contribution in [3.63, 3.8) is 0 Å². The first kappa shape index (κ1) is 17.1. The number of aryl methyl sites for hydroxylation is 1. The number of allylic oxidation sites excluding steroid dienone is 1. The first-order chi connectivity index (χ1) is 13.7. The molecule has 5 rings (SSSR count). The van der Waals surface area contributed by atoms with Gasteiger partial charge < -0.3 is 4.40 Å². The van der Waals surface area contributed by atoms with Crippen molar-refractivity contribution < 1.29 is 4.79 Å². The lowest BCUT2D eigenvalue weighted by atomic mass is 10.0. The fourth-order valence-electron chi connectivity index (χ4n) is 3.70. The molecule has 136 valence electrons. The Morgan fingerprint density at radius 2 is 1.71 bits per heavy atom. The van der Waals surface area contributed by atoms with Crippen molar-refractivity contribution in [3.05, 3.63) is 101 Å². The van der Waals surface area contributed by atoms with Crippen LogP contribution in [-0.4, -0.2) is 10.2 Å². The SMILES string of the molecule is CCc1ccc2cc(-c3ccccc3)c(C=C3Sc4ccccc4C3=O)n2c1. The van der Waals surface area contributed by atoms with Crippen LogP contribution in [0.15, 0.2) is 88.8 Å². The van der Waals surface area contributed by atoms with Crippen molar-refractivity contribution in [2.75, 3.05) is 0 Å². The van der Waals surface area contributed by atoms with Gasteiger partial charge in [-0.3, -0.25) is 4.79 Å². The number of nitrogens with zero attached hydrogens (tertiary/aromatic N) is 1. The number of hydrogen-bond donors (Lipinski definition) is 0. The molecule has 2 nitrogen and oxygen atoms in total. The van der Waals surface area contributed by atoms with Crippen LogP contribution in [0.4, 0.5) is 0 Å². The highest BCUT2D eigenvalue weighted by atomic mass is 32.2. The molecule has 1 aliphatic rings. The van der Waals surface area contributed by atoms with E-state index in [2.05, 4.69) is 66.1 Å². The van der Waals surface area contributed by atoms with Gasteiger partial charge in [0, 0.05) is 27.7 Å². The number of Topliss-reactive ketones (excluding diaryl/α,β-unsaturated/α-hetero) is 1. The van der Waals surface area contributed by atoms with Crippen LogP contribution in [-0.2, 0) is 6.42 Å². The molecule has 0 amide bonds. The van der Waals surface area contributed by atoms with E-state index in [0.717, 1.165) is 44.1 Å². The summed E-state index contributed by atoms with van der Waals surface area (Å²) in [5.41, 5.74) is 6.57. The van der Waals surface area contributed by atoms with Crippen LogP contribution in [0.3, 0.4) is 0 Å². The highest BCUT2D eigenvalue weighted by Crippen LogP contribution is 2.42. The summed E-state index contributed by atoms with van der Waals surface area (Å²) in [7, 11) is 0. The maximum absolute atomic E-state index is 12.9. The first-order valence-electron chi connectivity index (χ1n) is 9.47. The van der Waals surface area contributed by atoms with Gasteiger partial charge in [0.05, 0.1) is 10.6 Å². The molecule has 2 aromatic heterocycles. The van der Waals surface area contributed by atoms with E-state index < -0.39 is 0 Å². The Kier molecular flexibility index (Phi) is 4.18. The Labute approximate surface area is 168 Å². The highest BCUT2D eigenvalue weighted by molar-refractivity contribution is 8.04. The predicted molar refractivity (Wildman–Crippen MR) is 117 cm³/mol. The zero-order valence-electron chi connectivity index (χ0n) is 15.6. The van der Waals surface area contributed by atoms with Crippen molar-refractivity contribution in [3.8, 4) is 11.1 Å². The number of benzene rings is 2. The topological polar surface area (TPSA) is 21.5 Å². The molecule has 0 N–H and O–H groups in total. The molecule has 4 aromatic rings. The summed E-state index contributed by atoms with van der Waals surface area (Å²) in [6.07, 6.45) is 5.22. The van der Waals surface area contributed by atoms with Crippen LogP contribution in [0.1, 0.15) is 28.5 Å². The van der Waals surface area contributed by atoms with Crippen LogP contribution >= 0.6 is 11.8 Å². The van der Waals surface area contributed by atoms with Crippen LogP contribution in [0.2, 0.25) is 0 Å². The summed E-state index contributed by atoms with van der Waals surface area (Å²) in [4.78, 5) is 14.7. The first-order valence-corrected chi connectivity index (χ1v) is 10.3. The number of aromatic nitrogens is 1. The molecular formula is C25H19NOS. The predicted octanol–water partition coefficient (Wildman–Crippen LogP) is 6.50. The van der Waals surface area contributed by atoms with Crippen LogP contribution in [0, 0.1) is 0 Å². The lowest BCUT2D eigenvalue weighted by Crippen LogP contribution is -1.96. The maximum Gasteiger partial charge on any atom is 0.200 e. The molecule has 1 aliphatic heterocycles. The third kappa shape index (κ3) is 2.79. The lowest BCUT2D eigenvalue weighted by molar-refractivity contribution is 0.104. The number of ketones is 1. The highest BCUT2D eigenvalue weighted by Gasteiger charge is 2.26. The second-order valence-corrected chi connectivity index (χ2v) is 8.01. The molecule has 0 bridgehead atoms. The quantitative estimate of drug-likeness (QED) is 0.378. The second kappa shape index (κ2) is 6.84. The standard InChI is InChI=1S/C25H19NOS/c1-2-17-12-13-19-14-21(18-8-4-3-5-9-18)22(26(19)16-17)15-24-25(27)20-10-6-7-11-23(20)28-24/h3-16H,2H2,1H3. The molecule has 2 aromatic carbocycles. The number of rotatable bonds is 3. The molecule has 0 unspecified atom stereocenters. The molecule has 3 heterocycles. The average molecular weight is 382 g/mol. The zero-order chi connectivity index (χ0) is 19.1. The van der Waals surface area contributed by atoms with Gasteiger partial charge in [-0.1, -0.05) is 67.2 Å². The molecule has 28 heavy (non-hydrogen) atoms. The minimum Gasteiger partial charge on any atom is -0.316 e. The summed E-state index contributed by atoms with van der Waals surface area (Å²) in [5, 5.41) is 0. The van der Waals surface area contributed by atoms with E-state index in [1.165, 1.54) is 5.56 Å². The lowest BCUT2D eigenvalue weighted by Gasteiger charge is -2.06. The number of carbonyl (C=O) groups excluding carboxylic acids is 1. The second-order valence-electron chi connectivity index (χ2n) is 6.93. The van der Waals surface area contributed by atoms with Gasteiger partial charge in [-0.25, -0.2) is 0 Å². The summed E-state index contributed by atoms with van der Waals surface area (Å²) in [6, 6.07) is 24.8. The van der Waals surface area contributed by atoms with Gasteiger partial charge in [0.2, 0.25) is 5.78 Å². The van der Waals surface area contributed by atoms with Gasteiger partial charge >= 0.3 is 0 Å². The van der Waals surface area contributed by atoms with E-state index in [1.807, 2.05) is 30.3 Å². The average Bonchev–Trinajstić information content (AvgIpc) is 3.26. The van der Waals surface area contributed by atoms with Crippen molar-refractivity contribution in [2.24, 2.45) is 0 Å². The molecule has 0 saturated heterocycles. The molecule has 0 radical (unpaired) electrons. The number of fused-ring (bicyclic) bond motifs is 2. The van der Waals surface area contributed by atoms with Crippen molar-refractivity contribution in [1.29, 1.82) is 0 Å². The van der Waals surface area contributed by atoms with Gasteiger partial charge in [-0.2, -0.15) is 0 Å². The molecule has 3 heteroatoms. The molecule has 0 atom stereocenters. The summed E-state index contributed by atoms with van der Waals surface area (Å²) >= 11 is 1.56. The fourth-order valence-corrected chi connectivity index (χ4v) is 4.73. The Balaban J connectivity index is 1.73. The van der Waals surface area contributed by atoms with Crippen LogP contribution in [0.5, 0.6) is 0 Å². The van der Waals surface area contributed by atoms with E-state index in [-0.39, 0.29) is 5.78 Å². The van der Waals surface area contributed by atoms with E-state index in [1.54, 1.807) is 11.8 Å². The van der Waals surface area contributed by atoms with E-state index in [0.29, 0.717) is 0 Å². The van der Waals surface area contributed by atoms with Crippen LogP contribution in [0.25, 0.3) is 22.7 Å². The van der Waals surface area contributed by atoms with E-state index >= 15 is 0 Å². The largest absolute Gasteiger partial charge is 0.316 e. The smallest absolute Gasteiger partial charge is 0.200 e. The monoisotopic (exact) mass is 381 g/mol. The third-order valence-corrected chi connectivity index (χ3v) is 6.30. The molecule has 0 aliphatic carbocycles. The van der Waals surface area contributed by atoms with Crippen molar-refractivity contribution in [2.45, 2.75) is 18.2 Å². The fraction of sp³-hybridized carbons (Fsp3) is 0.0800. The summed E-state index contributed by atoms with van der Waals surface area (Å²) in [5.74, 6) is 0.112. The summed E-state index contributed by atoms with van der Waals surface area (Å²) < 4.78 is 2.21. The Morgan fingerprint density at radius 3 is 2.50 bits per heavy atom.